The molecule has 1 fully saturated rings. The Bertz CT molecular complexity index is 656. The number of thioether (sulfide) groups is 1. The number of nitrogens with one attached hydrogen (secondary N) is 4. The highest BCUT2D eigenvalue weighted by Crippen LogP contribution is 2.07. The van der Waals surface area contributed by atoms with Gasteiger partial charge in [-0.25, -0.2) is 4.79 Å². The number of aliphatic hydroxyl groups excluding tert-OH is 1. The SMILES string of the molecule is CSCCC(NC(=O)C(CO)NC(=O)C1CCCN1)C(=O)NC(CCC(=O)O)C(=O)O. The van der Waals surface area contributed by atoms with E-state index < -0.39 is 66.9 Å². The first kappa shape index (κ1) is 26.7. The van der Waals surface area contributed by atoms with Gasteiger partial charge < -0.3 is 36.6 Å². The van der Waals surface area contributed by atoms with Gasteiger partial charge in [-0.05, 0) is 44.2 Å². The molecule has 0 aromatic rings. The maximum Gasteiger partial charge on any atom is 0.326 e. The molecule has 13 heteroatoms. The maximum atomic E-state index is 12.6. The molecule has 0 bridgehead atoms. The second kappa shape index (κ2) is 13.8. The smallest absolute Gasteiger partial charge is 0.326 e. The molecule has 12 nitrogen and oxygen atoms in total. The molecule has 3 amide bonds. The first-order valence-electron chi connectivity index (χ1n) is 9.88. The van der Waals surface area contributed by atoms with Crippen LogP contribution in [0.5, 0.6) is 0 Å². The van der Waals surface area contributed by atoms with E-state index in [-0.39, 0.29) is 12.8 Å². The van der Waals surface area contributed by atoms with Crippen LogP contribution in [0.1, 0.15) is 32.1 Å². The lowest BCUT2D eigenvalue weighted by Crippen LogP contribution is -2.58. The van der Waals surface area contributed by atoms with E-state index in [2.05, 4.69) is 21.3 Å². The number of carbonyl (C=O) groups excluding carboxylic acids is 3. The maximum absolute atomic E-state index is 12.6. The molecule has 1 rings (SSSR count). The van der Waals surface area contributed by atoms with Gasteiger partial charge >= 0.3 is 11.9 Å². The van der Waals surface area contributed by atoms with Crippen LogP contribution < -0.4 is 21.3 Å². The number of rotatable bonds is 14. The monoisotopic (exact) mass is 462 g/mol. The lowest BCUT2D eigenvalue weighted by Gasteiger charge is -2.24. The van der Waals surface area contributed by atoms with Gasteiger partial charge in [0.2, 0.25) is 17.7 Å². The van der Waals surface area contributed by atoms with Gasteiger partial charge in [-0.1, -0.05) is 0 Å². The summed E-state index contributed by atoms with van der Waals surface area (Å²) >= 11 is 1.40. The average Bonchev–Trinajstić information content (AvgIpc) is 3.26. The van der Waals surface area contributed by atoms with Gasteiger partial charge in [0.25, 0.3) is 0 Å². The Labute approximate surface area is 183 Å². The Kier molecular flexibility index (Phi) is 11.9. The summed E-state index contributed by atoms with van der Waals surface area (Å²) in [6, 6.07) is -4.29. The van der Waals surface area contributed by atoms with E-state index in [1.165, 1.54) is 11.8 Å². The fraction of sp³-hybridized carbons (Fsp3) is 0.722. The Morgan fingerprint density at radius 3 is 2.16 bits per heavy atom. The molecule has 1 aliphatic heterocycles. The van der Waals surface area contributed by atoms with Crippen LogP contribution in [0, 0.1) is 0 Å². The molecule has 0 aromatic carbocycles. The Balaban J connectivity index is 2.77. The van der Waals surface area contributed by atoms with Crippen molar-refractivity contribution in [1.29, 1.82) is 0 Å². The van der Waals surface area contributed by atoms with Gasteiger partial charge in [-0.15, -0.1) is 0 Å². The molecule has 31 heavy (non-hydrogen) atoms. The predicted octanol–water partition coefficient (Wildman–Crippen LogP) is -2.11. The number of hydrogen-bond donors (Lipinski definition) is 7. The van der Waals surface area contributed by atoms with Crippen LogP contribution in [0.2, 0.25) is 0 Å². The van der Waals surface area contributed by atoms with E-state index >= 15 is 0 Å². The highest BCUT2D eigenvalue weighted by molar-refractivity contribution is 7.98. The third-order valence-corrected chi connectivity index (χ3v) is 5.34. The zero-order valence-corrected chi connectivity index (χ0v) is 18.1. The minimum atomic E-state index is -1.43. The van der Waals surface area contributed by atoms with Crippen LogP contribution in [0.25, 0.3) is 0 Å². The standard InChI is InChI=1S/C18H30N4O8S/c1-31-8-6-11(16(27)21-12(18(29)30)4-5-14(24)25)20-17(28)13(9-23)22-15(26)10-3-2-7-19-10/h10-13,19,23H,2-9H2,1H3,(H,20,28)(H,21,27)(H,22,26)(H,24,25)(H,29,30). The normalized spacial score (nSPS) is 18.5. The molecule has 1 saturated heterocycles. The van der Waals surface area contributed by atoms with E-state index in [0.29, 0.717) is 18.7 Å². The van der Waals surface area contributed by atoms with Crippen LogP contribution in [0.4, 0.5) is 0 Å². The van der Waals surface area contributed by atoms with Crippen LogP contribution in [-0.4, -0.2) is 94.3 Å². The summed E-state index contributed by atoms with van der Waals surface area (Å²) in [7, 11) is 0. The minimum absolute atomic E-state index is 0.167. The van der Waals surface area contributed by atoms with Crippen molar-refractivity contribution in [3.63, 3.8) is 0 Å². The van der Waals surface area contributed by atoms with Gasteiger partial charge in [0.05, 0.1) is 12.6 Å². The topological polar surface area (TPSA) is 194 Å². The number of carbonyl (C=O) groups is 5. The molecular weight excluding hydrogens is 432 g/mol. The fourth-order valence-corrected chi connectivity index (χ4v) is 3.42. The average molecular weight is 463 g/mol. The summed E-state index contributed by atoms with van der Waals surface area (Å²) in [5.41, 5.74) is 0. The van der Waals surface area contributed by atoms with Crippen LogP contribution >= 0.6 is 11.8 Å². The molecule has 0 radical (unpaired) electrons. The van der Waals surface area contributed by atoms with Crippen molar-refractivity contribution < 1.29 is 39.3 Å². The van der Waals surface area contributed by atoms with Gasteiger partial charge in [0, 0.05) is 6.42 Å². The first-order valence-corrected chi connectivity index (χ1v) is 11.3. The Hall–Kier alpha value is -2.38. The van der Waals surface area contributed by atoms with Gasteiger partial charge in [0.15, 0.2) is 0 Å². The number of amides is 3. The molecule has 1 aliphatic rings. The Morgan fingerprint density at radius 2 is 1.65 bits per heavy atom. The highest BCUT2D eigenvalue weighted by Gasteiger charge is 2.31. The second-order valence-electron chi connectivity index (χ2n) is 7.07. The number of carboxylic acids is 2. The zero-order chi connectivity index (χ0) is 23.4. The van der Waals surface area contributed by atoms with Gasteiger partial charge in [-0.2, -0.15) is 11.8 Å². The van der Waals surface area contributed by atoms with E-state index in [0.717, 1.165) is 6.42 Å². The molecule has 176 valence electrons. The molecule has 0 saturated carbocycles. The van der Waals surface area contributed by atoms with Gasteiger partial charge in [0.1, 0.15) is 18.1 Å². The third kappa shape index (κ3) is 9.53. The summed E-state index contributed by atoms with van der Waals surface area (Å²) < 4.78 is 0. The van der Waals surface area contributed by atoms with E-state index in [9.17, 15) is 34.2 Å². The van der Waals surface area contributed by atoms with Crippen molar-refractivity contribution in [2.45, 2.75) is 56.3 Å². The molecule has 0 aliphatic carbocycles. The summed E-state index contributed by atoms with van der Waals surface area (Å²) in [5, 5.41) is 37.6. The summed E-state index contributed by atoms with van der Waals surface area (Å²) in [5.74, 6) is -4.14. The van der Waals surface area contributed by atoms with Crippen molar-refractivity contribution in [2.75, 3.05) is 25.2 Å². The summed E-state index contributed by atoms with van der Waals surface area (Å²) in [4.78, 5) is 59.3. The van der Waals surface area contributed by atoms with Crippen molar-refractivity contribution in [3.05, 3.63) is 0 Å². The summed E-state index contributed by atoms with van der Waals surface area (Å²) in [6.07, 6.45) is 2.61. The third-order valence-electron chi connectivity index (χ3n) is 4.70. The first-order chi connectivity index (χ1) is 14.7. The molecule has 4 atom stereocenters. The van der Waals surface area contributed by atoms with E-state index in [4.69, 9.17) is 5.11 Å². The second-order valence-corrected chi connectivity index (χ2v) is 8.05. The van der Waals surface area contributed by atoms with Crippen molar-refractivity contribution in [3.8, 4) is 0 Å². The van der Waals surface area contributed by atoms with Crippen molar-refractivity contribution in [1.82, 2.24) is 21.3 Å². The number of aliphatic hydroxyl groups is 1. The van der Waals surface area contributed by atoms with Crippen molar-refractivity contribution >= 4 is 41.4 Å². The number of carboxylic acid groups (broad SMARTS) is 2. The summed E-state index contributed by atoms with van der Waals surface area (Å²) in [6.45, 7) is -0.00481. The van der Waals surface area contributed by atoms with Crippen molar-refractivity contribution in [2.24, 2.45) is 0 Å². The predicted molar refractivity (Wildman–Crippen MR) is 111 cm³/mol. The van der Waals surface area contributed by atoms with E-state index in [1.807, 2.05) is 0 Å². The highest BCUT2D eigenvalue weighted by atomic mass is 32.2. The van der Waals surface area contributed by atoms with Crippen LogP contribution in [0.15, 0.2) is 0 Å². The van der Waals surface area contributed by atoms with Crippen LogP contribution in [-0.2, 0) is 24.0 Å². The quantitative estimate of drug-likeness (QED) is 0.150. The fourth-order valence-electron chi connectivity index (χ4n) is 2.95. The molecular formula is C18H30N4O8S. The minimum Gasteiger partial charge on any atom is -0.481 e. The lowest BCUT2D eigenvalue weighted by atomic mass is 10.1. The number of aliphatic carboxylic acids is 2. The number of hydrogen-bond acceptors (Lipinski definition) is 8. The largest absolute Gasteiger partial charge is 0.481 e. The molecule has 0 aromatic heterocycles. The van der Waals surface area contributed by atoms with Gasteiger partial charge in [-0.3, -0.25) is 19.2 Å². The molecule has 1 heterocycles. The zero-order valence-electron chi connectivity index (χ0n) is 17.3. The molecule has 7 N–H and O–H groups in total. The Morgan fingerprint density at radius 1 is 1.00 bits per heavy atom. The lowest BCUT2D eigenvalue weighted by molar-refractivity contribution is -0.143. The van der Waals surface area contributed by atoms with Crippen LogP contribution in [0.3, 0.4) is 0 Å². The molecule has 4 unspecified atom stereocenters. The molecule has 0 spiro atoms. The van der Waals surface area contributed by atoms with E-state index in [1.54, 1.807) is 6.26 Å².